The fourth-order valence-electron chi connectivity index (χ4n) is 1.87. The number of hydrogen-bond acceptors (Lipinski definition) is 2. The molecule has 3 nitrogen and oxygen atoms in total. The molecule has 1 N–H and O–H groups in total. The summed E-state index contributed by atoms with van der Waals surface area (Å²) in [5.74, 6) is 0.112. The van der Waals surface area contributed by atoms with Gasteiger partial charge < -0.3 is 10.0 Å². The van der Waals surface area contributed by atoms with Crippen LogP contribution in [-0.2, 0) is 0 Å². The van der Waals surface area contributed by atoms with Crippen molar-refractivity contribution in [2.45, 2.75) is 13.8 Å². The third-order valence-electron chi connectivity index (χ3n) is 3.17. The van der Waals surface area contributed by atoms with Gasteiger partial charge in [0.1, 0.15) is 5.75 Å². The summed E-state index contributed by atoms with van der Waals surface area (Å²) in [6, 6.07) is 12.7. The van der Waals surface area contributed by atoms with Crippen molar-refractivity contribution in [3.63, 3.8) is 0 Å². The van der Waals surface area contributed by atoms with Gasteiger partial charge in [-0.3, -0.25) is 4.79 Å². The molecule has 0 heterocycles. The lowest BCUT2D eigenvalue weighted by molar-refractivity contribution is 0.0993. The van der Waals surface area contributed by atoms with Crippen molar-refractivity contribution in [1.82, 2.24) is 0 Å². The fourth-order valence-corrected chi connectivity index (χ4v) is 1.87. The highest BCUT2D eigenvalue weighted by Gasteiger charge is 2.14. The highest BCUT2D eigenvalue weighted by molar-refractivity contribution is 6.05. The van der Waals surface area contributed by atoms with E-state index in [0.29, 0.717) is 11.1 Å². The lowest BCUT2D eigenvalue weighted by atomic mass is 10.1. The Bertz CT molecular complexity index is 603. The van der Waals surface area contributed by atoms with Crippen molar-refractivity contribution >= 4 is 11.6 Å². The zero-order chi connectivity index (χ0) is 14.0. The maximum atomic E-state index is 12.3. The predicted molar refractivity (Wildman–Crippen MR) is 76.8 cm³/mol. The summed E-state index contributed by atoms with van der Waals surface area (Å²) in [7, 11) is 1.75. The molecular weight excluding hydrogens is 238 g/mol. The van der Waals surface area contributed by atoms with Crippen LogP contribution in [0.25, 0.3) is 0 Å². The van der Waals surface area contributed by atoms with E-state index in [2.05, 4.69) is 0 Å². The van der Waals surface area contributed by atoms with Crippen LogP contribution >= 0.6 is 0 Å². The van der Waals surface area contributed by atoms with Gasteiger partial charge in [-0.25, -0.2) is 0 Å². The first-order valence-electron chi connectivity index (χ1n) is 6.13. The topological polar surface area (TPSA) is 40.5 Å². The van der Waals surface area contributed by atoms with E-state index < -0.39 is 0 Å². The molecule has 0 aliphatic heterocycles. The molecule has 2 rings (SSSR count). The average Bonchev–Trinajstić information content (AvgIpc) is 2.41. The van der Waals surface area contributed by atoms with Crippen LogP contribution in [0.15, 0.2) is 42.5 Å². The minimum Gasteiger partial charge on any atom is -0.508 e. The quantitative estimate of drug-likeness (QED) is 0.894. The second-order valence-corrected chi connectivity index (χ2v) is 4.70. The second kappa shape index (κ2) is 5.14. The molecule has 3 heteroatoms. The van der Waals surface area contributed by atoms with Gasteiger partial charge in [0, 0.05) is 18.3 Å². The number of carbonyl (C=O) groups excluding carboxylic acids is 1. The Morgan fingerprint density at radius 3 is 2.26 bits per heavy atom. The van der Waals surface area contributed by atoms with Crippen molar-refractivity contribution < 1.29 is 9.90 Å². The molecule has 1 amide bonds. The fraction of sp³-hybridized carbons (Fsp3) is 0.188. The number of phenols is 1. The monoisotopic (exact) mass is 255 g/mol. The van der Waals surface area contributed by atoms with Gasteiger partial charge in [0.15, 0.2) is 0 Å². The number of benzene rings is 2. The number of aromatic hydroxyl groups is 1. The van der Waals surface area contributed by atoms with E-state index in [1.807, 2.05) is 31.2 Å². The molecule has 0 fully saturated rings. The first-order valence-corrected chi connectivity index (χ1v) is 6.13. The van der Waals surface area contributed by atoms with Crippen molar-refractivity contribution in [2.24, 2.45) is 0 Å². The third kappa shape index (κ3) is 2.76. The molecule has 0 saturated heterocycles. The molecule has 0 unspecified atom stereocenters. The van der Waals surface area contributed by atoms with Gasteiger partial charge in [-0.15, -0.1) is 0 Å². The van der Waals surface area contributed by atoms with E-state index in [4.69, 9.17) is 0 Å². The molecule has 2 aromatic rings. The normalized spacial score (nSPS) is 10.3. The smallest absolute Gasteiger partial charge is 0.258 e. The van der Waals surface area contributed by atoms with E-state index in [1.165, 1.54) is 0 Å². The van der Waals surface area contributed by atoms with Crippen LogP contribution in [0.4, 0.5) is 5.69 Å². The van der Waals surface area contributed by atoms with Gasteiger partial charge in [-0.2, -0.15) is 0 Å². The molecule has 0 spiro atoms. The standard InChI is InChI=1S/C16H17NO2/c1-11-4-7-14(8-5-11)17(3)16(19)13-6-9-15(18)12(2)10-13/h4-10,18H,1-3H3. The highest BCUT2D eigenvalue weighted by atomic mass is 16.3. The molecule has 19 heavy (non-hydrogen) atoms. The van der Waals surface area contributed by atoms with Gasteiger partial charge in [0.2, 0.25) is 0 Å². The molecule has 0 atom stereocenters. The number of phenolic OH excluding ortho intramolecular Hbond substituents is 1. The summed E-state index contributed by atoms with van der Waals surface area (Å²) < 4.78 is 0. The van der Waals surface area contributed by atoms with E-state index >= 15 is 0 Å². The zero-order valence-corrected chi connectivity index (χ0v) is 11.3. The van der Waals surface area contributed by atoms with Gasteiger partial charge >= 0.3 is 0 Å². The van der Waals surface area contributed by atoms with Crippen LogP contribution in [-0.4, -0.2) is 18.1 Å². The number of carbonyl (C=O) groups is 1. The predicted octanol–water partition coefficient (Wildman–Crippen LogP) is 3.29. The number of rotatable bonds is 2. The lowest BCUT2D eigenvalue weighted by Gasteiger charge is -2.18. The van der Waals surface area contributed by atoms with Crippen molar-refractivity contribution in [2.75, 3.05) is 11.9 Å². The Hall–Kier alpha value is -2.29. The Morgan fingerprint density at radius 1 is 1.05 bits per heavy atom. The van der Waals surface area contributed by atoms with Gasteiger partial charge in [0.05, 0.1) is 0 Å². The Balaban J connectivity index is 2.28. The Morgan fingerprint density at radius 2 is 1.68 bits per heavy atom. The average molecular weight is 255 g/mol. The zero-order valence-electron chi connectivity index (χ0n) is 11.3. The van der Waals surface area contributed by atoms with Gasteiger partial charge in [-0.05, 0) is 49.7 Å². The van der Waals surface area contributed by atoms with E-state index in [9.17, 15) is 9.90 Å². The third-order valence-corrected chi connectivity index (χ3v) is 3.17. The SMILES string of the molecule is Cc1ccc(N(C)C(=O)c2ccc(O)c(C)c2)cc1. The molecule has 0 aromatic heterocycles. The summed E-state index contributed by atoms with van der Waals surface area (Å²) >= 11 is 0. The van der Waals surface area contributed by atoms with Crippen LogP contribution < -0.4 is 4.90 Å². The summed E-state index contributed by atoms with van der Waals surface area (Å²) in [6.07, 6.45) is 0. The largest absolute Gasteiger partial charge is 0.508 e. The molecule has 0 aliphatic carbocycles. The molecule has 98 valence electrons. The number of nitrogens with zero attached hydrogens (tertiary/aromatic N) is 1. The second-order valence-electron chi connectivity index (χ2n) is 4.70. The van der Waals surface area contributed by atoms with E-state index in [1.54, 1.807) is 37.1 Å². The highest BCUT2D eigenvalue weighted by Crippen LogP contribution is 2.20. The molecular formula is C16H17NO2. The van der Waals surface area contributed by atoms with Crippen molar-refractivity contribution in [1.29, 1.82) is 0 Å². The first-order chi connectivity index (χ1) is 8.99. The van der Waals surface area contributed by atoms with Crippen molar-refractivity contribution in [3.05, 3.63) is 59.2 Å². The number of amides is 1. The Kier molecular flexibility index (Phi) is 3.56. The molecule has 0 aliphatic rings. The molecule has 0 saturated carbocycles. The summed E-state index contributed by atoms with van der Waals surface area (Å²) in [6.45, 7) is 3.78. The number of aryl methyl sites for hydroxylation is 2. The summed E-state index contributed by atoms with van der Waals surface area (Å²) in [5.41, 5.74) is 3.27. The van der Waals surface area contributed by atoms with E-state index in [0.717, 1.165) is 11.3 Å². The van der Waals surface area contributed by atoms with Crippen LogP contribution in [0.2, 0.25) is 0 Å². The van der Waals surface area contributed by atoms with Crippen LogP contribution in [0, 0.1) is 13.8 Å². The minimum atomic E-state index is -0.0908. The molecule has 0 bridgehead atoms. The minimum absolute atomic E-state index is 0.0908. The number of hydrogen-bond donors (Lipinski definition) is 1. The maximum Gasteiger partial charge on any atom is 0.258 e. The van der Waals surface area contributed by atoms with Crippen molar-refractivity contribution in [3.8, 4) is 5.75 Å². The van der Waals surface area contributed by atoms with Crippen LogP contribution in [0.5, 0.6) is 5.75 Å². The van der Waals surface area contributed by atoms with Gasteiger partial charge in [-0.1, -0.05) is 17.7 Å². The summed E-state index contributed by atoms with van der Waals surface area (Å²) in [5, 5.41) is 9.49. The molecule has 2 aromatic carbocycles. The Labute approximate surface area is 113 Å². The van der Waals surface area contributed by atoms with Crippen LogP contribution in [0.3, 0.4) is 0 Å². The van der Waals surface area contributed by atoms with Crippen LogP contribution in [0.1, 0.15) is 21.5 Å². The first kappa shape index (κ1) is 13.1. The lowest BCUT2D eigenvalue weighted by Crippen LogP contribution is -2.26. The number of anilines is 1. The van der Waals surface area contributed by atoms with E-state index in [-0.39, 0.29) is 11.7 Å². The van der Waals surface area contributed by atoms with Gasteiger partial charge in [0.25, 0.3) is 5.91 Å². The molecule has 0 radical (unpaired) electrons. The maximum absolute atomic E-state index is 12.3. The summed E-state index contributed by atoms with van der Waals surface area (Å²) in [4.78, 5) is 13.9.